The fourth-order valence-electron chi connectivity index (χ4n) is 4.33. The number of halogens is 4. The van der Waals surface area contributed by atoms with E-state index < -0.39 is 51.9 Å². The largest absolute Gasteiger partial charge is 0.416 e. The Morgan fingerprint density at radius 2 is 1.66 bits per heavy atom. The van der Waals surface area contributed by atoms with E-state index in [9.17, 15) is 31.2 Å². The Labute approximate surface area is 243 Å². The van der Waals surface area contributed by atoms with Crippen LogP contribution in [0.2, 0.25) is 5.02 Å². The maximum atomic E-state index is 14.0. The summed E-state index contributed by atoms with van der Waals surface area (Å²) in [5.41, 5.74) is -0.0519. The standard InChI is InChI=1S/C29H31ClF3N3O4S/c1-4-25(28(38)34-5-2)35(18-21-11-9-10-20(3)16-21)27(37)19-36(41(39,40)23-12-7-6-8-13-23)26-17-22(29(31,32)33)14-15-24(26)30/h6-17,25H,4-5,18-19H2,1-3H3,(H,34,38)/t25-/m0/s1. The van der Waals surface area contributed by atoms with Crippen molar-refractivity contribution in [2.75, 3.05) is 17.4 Å². The summed E-state index contributed by atoms with van der Waals surface area (Å²) < 4.78 is 69.1. The van der Waals surface area contributed by atoms with Crippen molar-refractivity contribution in [3.8, 4) is 0 Å². The van der Waals surface area contributed by atoms with Gasteiger partial charge in [0.05, 0.1) is 21.2 Å². The summed E-state index contributed by atoms with van der Waals surface area (Å²) >= 11 is 6.26. The number of aryl methyl sites for hydroxylation is 1. The molecule has 7 nitrogen and oxygen atoms in total. The van der Waals surface area contributed by atoms with Crippen LogP contribution in [0, 0.1) is 6.92 Å². The number of benzene rings is 3. The number of carbonyl (C=O) groups is 2. The van der Waals surface area contributed by atoms with Crippen molar-refractivity contribution in [3.05, 3.63) is 94.5 Å². The number of sulfonamides is 1. The molecular formula is C29H31ClF3N3O4S. The van der Waals surface area contributed by atoms with Gasteiger partial charge < -0.3 is 10.2 Å². The van der Waals surface area contributed by atoms with Crippen molar-refractivity contribution < 1.29 is 31.2 Å². The number of likely N-dealkylation sites (N-methyl/N-ethyl adjacent to an activating group) is 1. The van der Waals surface area contributed by atoms with Crippen molar-refractivity contribution >= 4 is 39.1 Å². The van der Waals surface area contributed by atoms with Crippen molar-refractivity contribution in [2.45, 2.75) is 50.9 Å². The number of carbonyl (C=O) groups excluding carboxylic acids is 2. The molecule has 1 atom stereocenters. The van der Waals surface area contributed by atoms with Gasteiger partial charge in [0.25, 0.3) is 10.0 Å². The van der Waals surface area contributed by atoms with Gasteiger partial charge in [0.15, 0.2) is 0 Å². The molecule has 0 bridgehead atoms. The SMILES string of the molecule is CCNC(=O)[C@H](CC)N(Cc1cccc(C)c1)C(=O)CN(c1cc(C(F)(F)F)ccc1Cl)S(=O)(=O)c1ccccc1. The molecule has 3 aromatic rings. The molecule has 0 unspecified atom stereocenters. The lowest BCUT2D eigenvalue weighted by atomic mass is 10.1. The van der Waals surface area contributed by atoms with Gasteiger partial charge in [-0.2, -0.15) is 13.2 Å². The lowest BCUT2D eigenvalue weighted by Gasteiger charge is -2.33. The van der Waals surface area contributed by atoms with Crippen LogP contribution in [0.5, 0.6) is 0 Å². The highest BCUT2D eigenvalue weighted by Crippen LogP contribution is 2.37. The van der Waals surface area contributed by atoms with Crippen LogP contribution in [0.3, 0.4) is 0 Å². The van der Waals surface area contributed by atoms with Gasteiger partial charge in [-0.25, -0.2) is 8.42 Å². The minimum absolute atomic E-state index is 0.0360. The van der Waals surface area contributed by atoms with E-state index in [4.69, 9.17) is 11.6 Å². The molecule has 3 aromatic carbocycles. The normalized spacial score (nSPS) is 12.5. The first-order chi connectivity index (χ1) is 19.3. The Kier molecular flexibility index (Phi) is 10.4. The molecule has 0 heterocycles. The van der Waals surface area contributed by atoms with Crippen LogP contribution in [0.25, 0.3) is 0 Å². The second-order valence-electron chi connectivity index (χ2n) is 9.32. The van der Waals surface area contributed by atoms with Gasteiger partial charge in [-0.15, -0.1) is 0 Å². The summed E-state index contributed by atoms with van der Waals surface area (Å²) in [6.07, 6.45) is -4.59. The second kappa shape index (κ2) is 13.4. The number of rotatable bonds is 11. The Morgan fingerprint density at radius 1 is 0.976 bits per heavy atom. The number of nitrogens with zero attached hydrogens (tertiary/aromatic N) is 2. The molecule has 2 amide bonds. The molecule has 0 saturated heterocycles. The Bertz CT molecular complexity index is 1480. The number of anilines is 1. The second-order valence-corrected chi connectivity index (χ2v) is 11.6. The molecule has 0 radical (unpaired) electrons. The van der Waals surface area contributed by atoms with Crippen LogP contribution in [0.15, 0.2) is 77.7 Å². The predicted molar refractivity (Wildman–Crippen MR) is 152 cm³/mol. The third-order valence-electron chi connectivity index (χ3n) is 6.32. The van der Waals surface area contributed by atoms with Gasteiger partial charge in [0.1, 0.15) is 12.6 Å². The third-order valence-corrected chi connectivity index (χ3v) is 8.42. The van der Waals surface area contributed by atoms with Crippen LogP contribution >= 0.6 is 11.6 Å². The smallest absolute Gasteiger partial charge is 0.355 e. The van der Waals surface area contributed by atoms with Crippen LogP contribution in [-0.2, 0) is 32.3 Å². The molecule has 0 aliphatic heterocycles. The first-order valence-corrected chi connectivity index (χ1v) is 14.7. The number of nitrogens with one attached hydrogen (secondary N) is 1. The Morgan fingerprint density at radius 3 is 2.24 bits per heavy atom. The maximum absolute atomic E-state index is 14.0. The van der Waals surface area contributed by atoms with Crippen molar-refractivity contribution in [3.63, 3.8) is 0 Å². The molecule has 0 fully saturated rings. The van der Waals surface area contributed by atoms with E-state index >= 15 is 0 Å². The average Bonchev–Trinajstić information content (AvgIpc) is 2.92. The molecule has 1 N–H and O–H groups in total. The monoisotopic (exact) mass is 609 g/mol. The van der Waals surface area contributed by atoms with E-state index in [-0.39, 0.29) is 22.9 Å². The summed E-state index contributed by atoms with van der Waals surface area (Å²) in [5.74, 6) is -1.23. The zero-order valence-electron chi connectivity index (χ0n) is 22.8. The lowest BCUT2D eigenvalue weighted by Crippen LogP contribution is -2.52. The number of alkyl halides is 3. The van der Waals surface area contributed by atoms with E-state index in [1.54, 1.807) is 32.0 Å². The number of hydrogen-bond acceptors (Lipinski definition) is 4. The minimum atomic E-state index is -4.80. The number of amides is 2. The quantitative estimate of drug-likeness (QED) is 0.297. The first-order valence-electron chi connectivity index (χ1n) is 12.9. The van der Waals surface area contributed by atoms with Crippen LogP contribution in [0.1, 0.15) is 37.0 Å². The van der Waals surface area contributed by atoms with E-state index in [1.807, 2.05) is 19.1 Å². The van der Waals surface area contributed by atoms with Gasteiger partial charge in [0.2, 0.25) is 11.8 Å². The molecule has 0 aliphatic carbocycles. The van der Waals surface area contributed by atoms with Crippen LogP contribution in [-0.4, -0.2) is 44.3 Å². The zero-order chi connectivity index (χ0) is 30.4. The maximum Gasteiger partial charge on any atom is 0.416 e. The summed E-state index contributed by atoms with van der Waals surface area (Å²) in [4.78, 5) is 27.9. The van der Waals surface area contributed by atoms with Crippen molar-refractivity contribution in [1.82, 2.24) is 10.2 Å². The van der Waals surface area contributed by atoms with Gasteiger partial charge in [-0.3, -0.25) is 13.9 Å². The van der Waals surface area contributed by atoms with Crippen LogP contribution < -0.4 is 9.62 Å². The number of hydrogen-bond donors (Lipinski definition) is 1. The molecule has 0 aromatic heterocycles. The lowest BCUT2D eigenvalue weighted by molar-refractivity contribution is -0.140. The molecule has 41 heavy (non-hydrogen) atoms. The summed E-state index contributed by atoms with van der Waals surface area (Å²) in [6.45, 7) is 4.65. The van der Waals surface area contributed by atoms with Gasteiger partial charge in [-0.05, 0) is 56.2 Å². The minimum Gasteiger partial charge on any atom is -0.355 e. The predicted octanol–water partition coefficient (Wildman–Crippen LogP) is 5.81. The highest BCUT2D eigenvalue weighted by Gasteiger charge is 2.36. The van der Waals surface area contributed by atoms with Crippen molar-refractivity contribution in [1.29, 1.82) is 0 Å². The molecular weight excluding hydrogens is 579 g/mol. The Balaban J connectivity index is 2.16. The topological polar surface area (TPSA) is 86.8 Å². The fourth-order valence-corrected chi connectivity index (χ4v) is 6.05. The van der Waals surface area contributed by atoms with Crippen molar-refractivity contribution in [2.24, 2.45) is 0 Å². The van der Waals surface area contributed by atoms with Crippen LogP contribution in [0.4, 0.5) is 18.9 Å². The molecule has 0 aliphatic rings. The summed E-state index contributed by atoms with van der Waals surface area (Å²) in [6, 6.07) is 15.5. The summed E-state index contributed by atoms with van der Waals surface area (Å²) in [5, 5.41) is 2.39. The van der Waals surface area contributed by atoms with E-state index in [0.717, 1.165) is 17.7 Å². The highest BCUT2D eigenvalue weighted by atomic mass is 35.5. The summed E-state index contributed by atoms with van der Waals surface area (Å²) in [7, 11) is -4.58. The first kappa shape index (κ1) is 32.0. The van der Waals surface area contributed by atoms with Gasteiger partial charge in [0, 0.05) is 13.1 Å². The van der Waals surface area contributed by atoms with E-state index in [0.29, 0.717) is 22.5 Å². The average molecular weight is 610 g/mol. The fraction of sp³-hybridized carbons (Fsp3) is 0.310. The molecule has 0 saturated carbocycles. The molecule has 3 rings (SSSR count). The van der Waals surface area contributed by atoms with Gasteiger partial charge in [-0.1, -0.05) is 66.6 Å². The zero-order valence-corrected chi connectivity index (χ0v) is 24.4. The highest BCUT2D eigenvalue weighted by molar-refractivity contribution is 7.92. The molecule has 0 spiro atoms. The van der Waals surface area contributed by atoms with Gasteiger partial charge >= 0.3 is 6.18 Å². The Hall–Kier alpha value is -3.57. The molecule has 220 valence electrons. The third kappa shape index (κ3) is 7.80. The molecule has 12 heteroatoms. The van der Waals surface area contributed by atoms with E-state index in [2.05, 4.69) is 5.32 Å². The van der Waals surface area contributed by atoms with E-state index in [1.165, 1.54) is 29.2 Å².